The van der Waals surface area contributed by atoms with Crippen LogP contribution in [0.2, 0.25) is 0 Å². The number of fused-ring (bicyclic) bond motifs is 1. The van der Waals surface area contributed by atoms with E-state index >= 15 is 0 Å². The molecule has 0 amide bonds. The van der Waals surface area contributed by atoms with E-state index in [4.69, 9.17) is 4.42 Å². The molecule has 0 saturated heterocycles. The first-order chi connectivity index (χ1) is 11.8. The van der Waals surface area contributed by atoms with Crippen molar-refractivity contribution in [2.45, 2.75) is 38.5 Å². The van der Waals surface area contributed by atoms with Gasteiger partial charge in [-0.05, 0) is 37.0 Å². The first-order valence-electron chi connectivity index (χ1n) is 8.72. The minimum atomic E-state index is -0.405. The van der Waals surface area contributed by atoms with Gasteiger partial charge in [-0.2, -0.15) is 0 Å². The molecule has 0 fully saturated rings. The quantitative estimate of drug-likeness (QED) is 0.560. The fraction of sp³-hybridized carbons (Fsp3) is 0.350. The number of unbranched alkanes of at least 4 members (excludes halogenated alkanes) is 4. The van der Waals surface area contributed by atoms with Crippen molar-refractivity contribution in [3.63, 3.8) is 0 Å². The Morgan fingerprint density at radius 3 is 2.58 bits per heavy atom. The van der Waals surface area contributed by atoms with Crippen LogP contribution in [0, 0.1) is 0 Å². The molecule has 1 heterocycles. The maximum atomic E-state index is 11.1. The summed E-state index contributed by atoms with van der Waals surface area (Å²) in [7, 11) is 0. The van der Waals surface area contributed by atoms with E-state index in [9.17, 15) is 4.79 Å². The molecule has 0 atom stereocenters. The molecule has 3 aromatic rings. The van der Waals surface area contributed by atoms with Gasteiger partial charge in [0.1, 0.15) is 0 Å². The lowest BCUT2D eigenvalue weighted by Crippen LogP contribution is -2.01. The van der Waals surface area contributed by atoms with Gasteiger partial charge in [-0.25, -0.2) is 4.79 Å². The van der Waals surface area contributed by atoms with E-state index in [2.05, 4.69) is 40.6 Å². The van der Waals surface area contributed by atoms with Gasteiger partial charge in [-0.1, -0.05) is 49.6 Å². The van der Waals surface area contributed by atoms with Gasteiger partial charge in [-0.3, -0.25) is 4.98 Å². The van der Waals surface area contributed by atoms with Crippen molar-refractivity contribution >= 4 is 16.8 Å². The summed E-state index contributed by atoms with van der Waals surface area (Å²) in [5, 5.41) is 3.39. The Balaban J connectivity index is 1.28. The largest absolute Gasteiger partial charge is 0.417 e. The van der Waals surface area contributed by atoms with Gasteiger partial charge in [0.05, 0.1) is 5.52 Å². The summed E-state index contributed by atoms with van der Waals surface area (Å²) in [5.74, 6) is -0.405. The number of anilines is 1. The Morgan fingerprint density at radius 2 is 1.71 bits per heavy atom. The Morgan fingerprint density at radius 1 is 0.917 bits per heavy atom. The van der Waals surface area contributed by atoms with E-state index in [1.807, 2.05) is 18.2 Å². The predicted molar refractivity (Wildman–Crippen MR) is 98.6 cm³/mol. The van der Waals surface area contributed by atoms with Crippen molar-refractivity contribution in [3.8, 4) is 0 Å². The minimum absolute atomic E-state index is 0.405. The number of H-pyrrole nitrogens is 1. The van der Waals surface area contributed by atoms with Crippen LogP contribution in [0.1, 0.15) is 37.7 Å². The third-order valence-electron chi connectivity index (χ3n) is 4.24. The zero-order valence-corrected chi connectivity index (χ0v) is 13.9. The van der Waals surface area contributed by atoms with E-state index in [1.54, 1.807) is 0 Å². The van der Waals surface area contributed by atoms with Crippen LogP contribution < -0.4 is 11.1 Å². The molecule has 3 rings (SSSR count). The van der Waals surface area contributed by atoms with Crippen molar-refractivity contribution in [1.29, 1.82) is 0 Å². The monoisotopic (exact) mass is 324 g/mol. The maximum absolute atomic E-state index is 11.1. The highest BCUT2D eigenvalue weighted by Gasteiger charge is 2.01. The van der Waals surface area contributed by atoms with Crippen LogP contribution in [0.15, 0.2) is 57.7 Å². The highest BCUT2D eigenvalue weighted by Crippen LogP contribution is 2.16. The molecule has 0 saturated carbocycles. The van der Waals surface area contributed by atoms with Crippen LogP contribution in [0.5, 0.6) is 0 Å². The Kier molecular flexibility index (Phi) is 5.72. The molecule has 0 unspecified atom stereocenters. The highest BCUT2D eigenvalue weighted by atomic mass is 16.4. The normalized spacial score (nSPS) is 11.0. The molecule has 0 aliphatic carbocycles. The number of aromatic amines is 1. The van der Waals surface area contributed by atoms with Crippen LogP contribution in [0.25, 0.3) is 11.1 Å². The van der Waals surface area contributed by atoms with Gasteiger partial charge in [-0.15, -0.1) is 0 Å². The van der Waals surface area contributed by atoms with Gasteiger partial charge in [0, 0.05) is 18.3 Å². The highest BCUT2D eigenvalue weighted by molar-refractivity contribution is 5.76. The molecule has 0 aliphatic heterocycles. The van der Waals surface area contributed by atoms with Crippen LogP contribution in [-0.4, -0.2) is 11.5 Å². The van der Waals surface area contributed by atoms with Gasteiger partial charge in [0.15, 0.2) is 5.58 Å². The average Bonchev–Trinajstić information content (AvgIpc) is 2.97. The van der Waals surface area contributed by atoms with Crippen molar-refractivity contribution < 1.29 is 4.42 Å². The smallest absolute Gasteiger partial charge is 0.408 e. The number of oxazole rings is 1. The molecule has 4 nitrogen and oxygen atoms in total. The van der Waals surface area contributed by atoms with Crippen LogP contribution in [-0.2, 0) is 6.42 Å². The summed E-state index contributed by atoms with van der Waals surface area (Å²) in [4.78, 5) is 13.8. The minimum Gasteiger partial charge on any atom is -0.408 e. The van der Waals surface area contributed by atoms with Crippen molar-refractivity contribution in [3.05, 3.63) is 64.6 Å². The second-order valence-electron chi connectivity index (χ2n) is 6.16. The van der Waals surface area contributed by atoms with Crippen LogP contribution in [0.4, 0.5) is 5.69 Å². The average molecular weight is 324 g/mol. The summed E-state index contributed by atoms with van der Waals surface area (Å²) in [6.07, 6.45) is 7.40. The van der Waals surface area contributed by atoms with E-state index in [1.165, 1.54) is 37.7 Å². The van der Waals surface area contributed by atoms with Gasteiger partial charge < -0.3 is 9.73 Å². The fourth-order valence-corrected chi connectivity index (χ4v) is 2.92. The maximum Gasteiger partial charge on any atom is 0.417 e. The number of hydrogen-bond acceptors (Lipinski definition) is 3. The third-order valence-corrected chi connectivity index (χ3v) is 4.24. The van der Waals surface area contributed by atoms with Gasteiger partial charge >= 0.3 is 5.76 Å². The SMILES string of the molecule is O=c1[nH]c2ccc(NCCCCCCCc3ccccc3)cc2o1. The predicted octanol–water partition coefficient (Wildman–Crippen LogP) is 4.73. The lowest BCUT2D eigenvalue weighted by Gasteiger charge is -2.06. The number of aromatic nitrogens is 1. The van der Waals surface area contributed by atoms with Gasteiger partial charge in [0.2, 0.25) is 0 Å². The number of hydrogen-bond donors (Lipinski definition) is 2. The molecule has 0 aliphatic rings. The first-order valence-corrected chi connectivity index (χ1v) is 8.72. The van der Waals surface area contributed by atoms with Crippen LogP contribution in [0.3, 0.4) is 0 Å². The van der Waals surface area contributed by atoms with Crippen molar-refractivity contribution in [2.24, 2.45) is 0 Å². The molecule has 1 aromatic heterocycles. The summed E-state index contributed by atoms with van der Waals surface area (Å²) in [6.45, 7) is 0.943. The molecule has 0 radical (unpaired) electrons. The molecular formula is C20H24N2O2. The Bertz CT molecular complexity index is 805. The Labute approximate surface area is 141 Å². The van der Waals surface area contributed by atoms with Crippen molar-refractivity contribution in [1.82, 2.24) is 4.98 Å². The Hall–Kier alpha value is -2.49. The molecule has 0 spiro atoms. The lowest BCUT2D eigenvalue weighted by molar-refractivity contribution is 0.555. The molecule has 24 heavy (non-hydrogen) atoms. The second kappa shape index (κ2) is 8.39. The van der Waals surface area contributed by atoms with Gasteiger partial charge in [0.25, 0.3) is 0 Å². The molecule has 0 bridgehead atoms. The number of benzene rings is 2. The zero-order valence-electron chi connectivity index (χ0n) is 13.9. The standard InChI is InChI=1S/C20H24N2O2/c23-20-22-18-13-12-17(15-19(18)24-20)21-14-8-3-1-2-5-9-16-10-6-4-7-11-16/h4,6-7,10-13,15,21H,1-3,5,8-9,14H2,(H,22,23). The number of rotatable bonds is 9. The van der Waals surface area contributed by atoms with E-state index in [0.29, 0.717) is 5.58 Å². The number of nitrogens with one attached hydrogen (secondary N) is 2. The van der Waals surface area contributed by atoms with Crippen LogP contribution >= 0.6 is 0 Å². The van der Waals surface area contributed by atoms with E-state index in [-0.39, 0.29) is 0 Å². The van der Waals surface area contributed by atoms with Crippen molar-refractivity contribution in [2.75, 3.05) is 11.9 Å². The first kappa shape index (κ1) is 16.4. The second-order valence-corrected chi connectivity index (χ2v) is 6.16. The summed E-state index contributed by atoms with van der Waals surface area (Å²) >= 11 is 0. The lowest BCUT2D eigenvalue weighted by atomic mass is 10.1. The van der Waals surface area contributed by atoms with E-state index in [0.717, 1.165) is 24.2 Å². The number of aryl methyl sites for hydroxylation is 1. The topological polar surface area (TPSA) is 58.0 Å². The molecule has 2 aromatic carbocycles. The third kappa shape index (κ3) is 4.75. The summed E-state index contributed by atoms with van der Waals surface area (Å²) in [6, 6.07) is 16.4. The molecule has 2 N–H and O–H groups in total. The summed E-state index contributed by atoms with van der Waals surface area (Å²) in [5.41, 5.74) is 3.77. The fourth-order valence-electron chi connectivity index (χ4n) is 2.92. The van der Waals surface area contributed by atoms with E-state index < -0.39 is 5.76 Å². The molecule has 4 heteroatoms. The summed E-state index contributed by atoms with van der Waals surface area (Å²) < 4.78 is 5.07. The molecular weight excluding hydrogens is 300 g/mol. The molecule has 126 valence electrons. The zero-order chi connectivity index (χ0) is 16.6.